The third-order valence-corrected chi connectivity index (χ3v) is 3.54. The first-order valence-electron chi connectivity index (χ1n) is 7.24. The van der Waals surface area contributed by atoms with Crippen LogP contribution in [0.25, 0.3) is 0 Å². The summed E-state index contributed by atoms with van der Waals surface area (Å²) in [5.74, 6) is -2.74. The standard InChI is InChI=1S/C16H18F2N2O2/c17-12-7-4-8-13(18)14(12)16(22)20-10-9-19-15(21)11-5-2-1-3-6-11/h1-2,4,7-8,11H,3,5-6,9-10H2,(H,19,21)(H,20,22)/t11-/m0/s1. The average molecular weight is 308 g/mol. The van der Waals surface area contributed by atoms with Crippen LogP contribution in [0, 0.1) is 17.6 Å². The molecule has 1 aromatic rings. The number of carbonyl (C=O) groups excluding carboxylic acids is 2. The molecule has 0 fully saturated rings. The van der Waals surface area contributed by atoms with Gasteiger partial charge in [0.05, 0.1) is 0 Å². The molecule has 0 bridgehead atoms. The normalized spacial score (nSPS) is 17.1. The van der Waals surface area contributed by atoms with Crippen molar-refractivity contribution in [1.82, 2.24) is 10.6 Å². The molecule has 1 aromatic carbocycles. The third kappa shape index (κ3) is 4.13. The summed E-state index contributed by atoms with van der Waals surface area (Å²) in [6.07, 6.45) is 6.46. The Balaban J connectivity index is 1.75. The minimum atomic E-state index is -0.907. The van der Waals surface area contributed by atoms with E-state index >= 15 is 0 Å². The number of hydrogen-bond donors (Lipinski definition) is 2. The maximum absolute atomic E-state index is 13.4. The molecule has 2 rings (SSSR count). The maximum Gasteiger partial charge on any atom is 0.257 e. The van der Waals surface area contributed by atoms with Gasteiger partial charge in [-0.25, -0.2) is 8.78 Å². The van der Waals surface area contributed by atoms with Gasteiger partial charge in [0.2, 0.25) is 5.91 Å². The lowest BCUT2D eigenvalue weighted by Gasteiger charge is -2.17. The molecule has 22 heavy (non-hydrogen) atoms. The second-order valence-electron chi connectivity index (χ2n) is 5.12. The second kappa shape index (κ2) is 7.68. The quantitative estimate of drug-likeness (QED) is 0.647. The number of halogens is 2. The van der Waals surface area contributed by atoms with Crippen molar-refractivity contribution < 1.29 is 18.4 Å². The summed E-state index contributed by atoms with van der Waals surface area (Å²) in [5, 5.41) is 5.10. The minimum Gasteiger partial charge on any atom is -0.354 e. The smallest absolute Gasteiger partial charge is 0.257 e. The molecule has 6 heteroatoms. The van der Waals surface area contributed by atoms with Crippen molar-refractivity contribution in [3.8, 4) is 0 Å². The van der Waals surface area contributed by atoms with Gasteiger partial charge < -0.3 is 10.6 Å². The topological polar surface area (TPSA) is 58.2 Å². The summed E-state index contributed by atoms with van der Waals surface area (Å²) < 4.78 is 26.8. The molecular weight excluding hydrogens is 290 g/mol. The van der Waals surface area contributed by atoms with Crippen LogP contribution in [0.4, 0.5) is 8.78 Å². The fourth-order valence-corrected chi connectivity index (χ4v) is 2.34. The van der Waals surface area contributed by atoms with Crippen molar-refractivity contribution >= 4 is 11.8 Å². The summed E-state index contributed by atoms with van der Waals surface area (Å²) in [7, 11) is 0. The largest absolute Gasteiger partial charge is 0.354 e. The number of amides is 2. The Kier molecular flexibility index (Phi) is 5.63. The molecule has 0 aliphatic heterocycles. The van der Waals surface area contributed by atoms with Crippen LogP contribution in [0.1, 0.15) is 29.6 Å². The number of rotatable bonds is 5. The molecule has 0 unspecified atom stereocenters. The molecule has 0 spiro atoms. The van der Waals surface area contributed by atoms with Crippen molar-refractivity contribution in [2.75, 3.05) is 13.1 Å². The Labute approximate surface area is 127 Å². The fourth-order valence-electron chi connectivity index (χ4n) is 2.34. The molecule has 0 heterocycles. The third-order valence-electron chi connectivity index (χ3n) is 3.54. The molecule has 1 aliphatic rings. The van der Waals surface area contributed by atoms with E-state index in [9.17, 15) is 18.4 Å². The number of hydrogen-bond acceptors (Lipinski definition) is 2. The second-order valence-corrected chi connectivity index (χ2v) is 5.12. The van der Waals surface area contributed by atoms with E-state index in [4.69, 9.17) is 0 Å². The molecule has 1 aliphatic carbocycles. The molecule has 4 nitrogen and oxygen atoms in total. The summed E-state index contributed by atoms with van der Waals surface area (Å²) in [5.41, 5.74) is -0.605. The van der Waals surface area contributed by atoms with Crippen LogP contribution in [0.5, 0.6) is 0 Å². The Bertz CT molecular complexity index is 567. The van der Waals surface area contributed by atoms with E-state index in [1.807, 2.05) is 12.2 Å². The van der Waals surface area contributed by atoms with Gasteiger partial charge >= 0.3 is 0 Å². The highest BCUT2D eigenvalue weighted by Crippen LogP contribution is 2.17. The summed E-state index contributed by atoms with van der Waals surface area (Å²) in [6, 6.07) is 3.24. The van der Waals surface area contributed by atoms with E-state index in [1.165, 1.54) is 6.07 Å². The highest BCUT2D eigenvalue weighted by Gasteiger charge is 2.19. The van der Waals surface area contributed by atoms with Crippen molar-refractivity contribution in [3.63, 3.8) is 0 Å². The van der Waals surface area contributed by atoms with E-state index in [1.54, 1.807) is 0 Å². The van der Waals surface area contributed by atoms with Crippen molar-refractivity contribution in [3.05, 3.63) is 47.5 Å². The first-order chi connectivity index (χ1) is 10.6. The lowest BCUT2D eigenvalue weighted by Crippen LogP contribution is -2.38. The Hall–Kier alpha value is -2.24. The fraction of sp³-hybridized carbons (Fsp3) is 0.375. The van der Waals surface area contributed by atoms with Gasteiger partial charge in [-0.2, -0.15) is 0 Å². The first-order valence-corrected chi connectivity index (χ1v) is 7.24. The number of nitrogens with one attached hydrogen (secondary N) is 2. The van der Waals surface area contributed by atoms with Gasteiger partial charge in [-0.3, -0.25) is 9.59 Å². The molecule has 0 saturated heterocycles. The monoisotopic (exact) mass is 308 g/mol. The van der Waals surface area contributed by atoms with Crippen LogP contribution < -0.4 is 10.6 Å². The van der Waals surface area contributed by atoms with E-state index in [2.05, 4.69) is 10.6 Å². The van der Waals surface area contributed by atoms with Gasteiger partial charge in [0.15, 0.2) is 0 Å². The molecule has 0 saturated carbocycles. The van der Waals surface area contributed by atoms with Gasteiger partial charge in [-0.05, 0) is 31.4 Å². The number of carbonyl (C=O) groups is 2. The van der Waals surface area contributed by atoms with Crippen molar-refractivity contribution in [2.45, 2.75) is 19.3 Å². The van der Waals surface area contributed by atoms with Crippen LogP contribution in [0.2, 0.25) is 0 Å². The SMILES string of the molecule is O=C(NCCNC(=O)[C@H]1CC=CCC1)c1c(F)cccc1F. The van der Waals surface area contributed by atoms with Gasteiger partial charge in [-0.15, -0.1) is 0 Å². The molecule has 1 atom stereocenters. The van der Waals surface area contributed by atoms with Crippen LogP contribution in [-0.4, -0.2) is 24.9 Å². The number of allylic oxidation sites excluding steroid dienone is 2. The number of benzene rings is 1. The highest BCUT2D eigenvalue weighted by molar-refractivity contribution is 5.94. The molecule has 0 aromatic heterocycles. The average Bonchev–Trinajstić information content (AvgIpc) is 2.52. The molecule has 2 N–H and O–H groups in total. The zero-order valence-electron chi connectivity index (χ0n) is 12.1. The Morgan fingerprint density at radius 1 is 1.09 bits per heavy atom. The summed E-state index contributed by atoms with van der Waals surface area (Å²) in [6.45, 7) is 0.335. The van der Waals surface area contributed by atoms with Crippen molar-refractivity contribution in [2.24, 2.45) is 5.92 Å². The van der Waals surface area contributed by atoms with Crippen molar-refractivity contribution in [1.29, 1.82) is 0 Å². The van der Waals surface area contributed by atoms with Gasteiger partial charge in [0, 0.05) is 19.0 Å². The van der Waals surface area contributed by atoms with Crippen LogP contribution in [0.15, 0.2) is 30.4 Å². The van der Waals surface area contributed by atoms with Crippen LogP contribution >= 0.6 is 0 Å². The summed E-state index contributed by atoms with van der Waals surface area (Å²) in [4.78, 5) is 23.6. The van der Waals surface area contributed by atoms with E-state index in [0.717, 1.165) is 31.4 Å². The van der Waals surface area contributed by atoms with Gasteiger partial charge in [0.25, 0.3) is 5.91 Å². The Morgan fingerprint density at radius 3 is 2.41 bits per heavy atom. The van der Waals surface area contributed by atoms with Gasteiger partial charge in [0.1, 0.15) is 17.2 Å². The zero-order chi connectivity index (χ0) is 15.9. The van der Waals surface area contributed by atoms with E-state index in [-0.39, 0.29) is 24.9 Å². The predicted molar refractivity (Wildman–Crippen MR) is 78.2 cm³/mol. The van der Waals surface area contributed by atoms with E-state index in [0.29, 0.717) is 0 Å². The highest BCUT2D eigenvalue weighted by atomic mass is 19.1. The lowest BCUT2D eigenvalue weighted by atomic mass is 9.94. The lowest BCUT2D eigenvalue weighted by molar-refractivity contribution is -0.125. The van der Waals surface area contributed by atoms with Crippen LogP contribution in [-0.2, 0) is 4.79 Å². The molecule has 0 radical (unpaired) electrons. The summed E-state index contributed by atoms with van der Waals surface area (Å²) >= 11 is 0. The zero-order valence-corrected chi connectivity index (χ0v) is 12.1. The predicted octanol–water partition coefficient (Wildman–Crippen LogP) is 2.17. The first kappa shape index (κ1) is 16.1. The molecule has 2 amide bonds. The molecular formula is C16H18F2N2O2. The maximum atomic E-state index is 13.4. The van der Waals surface area contributed by atoms with Crippen LogP contribution in [0.3, 0.4) is 0 Å². The molecule has 118 valence electrons. The van der Waals surface area contributed by atoms with E-state index < -0.39 is 23.1 Å². The minimum absolute atomic E-state index is 0.0373. The Morgan fingerprint density at radius 2 is 1.77 bits per heavy atom. The van der Waals surface area contributed by atoms with Gasteiger partial charge in [-0.1, -0.05) is 18.2 Å².